The number of halogens is 1. The van der Waals surface area contributed by atoms with Gasteiger partial charge in [-0.3, -0.25) is 9.59 Å². The molecule has 2 rings (SSSR count). The fourth-order valence-electron chi connectivity index (χ4n) is 3.59. The number of nitrogens with one attached hydrogen (secondary N) is 1. The molecule has 0 aromatic heterocycles. The van der Waals surface area contributed by atoms with Crippen molar-refractivity contribution in [2.24, 2.45) is 0 Å². The second-order valence-electron chi connectivity index (χ2n) is 8.31. The number of hydrogen-bond acceptors (Lipinski definition) is 4. The summed E-state index contributed by atoms with van der Waals surface area (Å²) in [7, 11) is -1.36. The molecule has 0 radical (unpaired) electrons. The summed E-state index contributed by atoms with van der Waals surface area (Å²) in [5.74, 6) is -1.32. The van der Waals surface area contributed by atoms with Crippen LogP contribution >= 0.6 is 0 Å². The maximum atomic E-state index is 13.6. The van der Waals surface area contributed by atoms with Gasteiger partial charge in [-0.25, -0.2) is 8.70 Å². The molecule has 35 heavy (non-hydrogen) atoms. The normalized spacial score (nSPS) is 12.3. The molecular formula is C25H35FN4O4S. The van der Waals surface area contributed by atoms with E-state index in [4.69, 9.17) is 0 Å². The van der Waals surface area contributed by atoms with Gasteiger partial charge in [-0.2, -0.15) is 12.7 Å². The highest BCUT2D eigenvalue weighted by Gasteiger charge is 2.33. The number of amides is 2. The monoisotopic (exact) mass is 506 g/mol. The zero-order chi connectivity index (χ0) is 26.0. The molecule has 10 heteroatoms. The van der Waals surface area contributed by atoms with Crippen molar-refractivity contribution in [3.8, 4) is 0 Å². The molecule has 1 N–H and O–H groups in total. The summed E-state index contributed by atoms with van der Waals surface area (Å²) in [4.78, 5) is 28.0. The van der Waals surface area contributed by atoms with Crippen molar-refractivity contribution < 1.29 is 22.4 Å². The zero-order valence-corrected chi connectivity index (χ0v) is 21.6. The molecule has 2 amide bonds. The fraction of sp³-hybridized carbons (Fsp3) is 0.440. The third kappa shape index (κ3) is 7.76. The lowest BCUT2D eigenvalue weighted by atomic mass is 10.1. The van der Waals surface area contributed by atoms with Gasteiger partial charge in [0.25, 0.3) is 0 Å². The minimum absolute atomic E-state index is 0.153. The summed E-state index contributed by atoms with van der Waals surface area (Å²) in [6, 6.07) is 13.7. The average Bonchev–Trinajstić information content (AvgIpc) is 2.84. The molecule has 1 unspecified atom stereocenters. The van der Waals surface area contributed by atoms with Gasteiger partial charge in [0, 0.05) is 27.2 Å². The van der Waals surface area contributed by atoms with Crippen LogP contribution in [0.3, 0.4) is 0 Å². The molecule has 0 aliphatic carbocycles. The Kier molecular flexibility index (Phi) is 10.7. The molecule has 1 atom stereocenters. The minimum Gasteiger partial charge on any atom is -0.354 e. The zero-order valence-electron chi connectivity index (χ0n) is 20.8. The van der Waals surface area contributed by atoms with E-state index in [0.717, 1.165) is 32.7 Å². The minimum atomic E-state index is -4.07. The first-order chi connectivity index (χ1) is 16.6. The molecule has 0 spiro atoms. The molecular weight excluding hydrogens is 471 g/mol. The molecule has 0 aliphatic heterocycles. The maximum Gasteiger partial charge on any atom is 0.304 e. The van der Waals surface area contributed by atoms with E-state index < -0.39 is 34.5 Å². The molecule has 2 aromatic rings. The molecule has 0 fully saturated rings. The Hall–Kier alpha value is -2.98. The van der Waals surface area contributed by atoms with Crippen LogP contribution in [0.2, 0.25) is 0 Å². The van der Waals surface area contributed by atoms with E-state index >= 15 is 0 Å². The lowest BCUT2D eigenvalue weighted by molar-refractivity contribution is -0.139. The van der Waals surface area contributed by atoms with Gasteiger partial charge in [-0.1, -0.05) is 44.2 Å². The van der Waals surface area contributed by atoms with Crippen molar-refractivity contribution in [3.05, 3.63) is 66.0 Å². The topological polar surface area (TPSA) is 90.0 Å². The molecule has 0 saturated heterocycles. The lowest BCUT2D eigenvalue weighted by Crippen LogP contribution is -2.54. The highest BCUT2D eigenvalue weighted by Crippen LogP contribution is 2.21. The Morgan fingerprint density at radius 2 is 1.63 bits per heavy atom. The Morgan fingerprint density at radius 1 is 1.00 bits per heavy atom. The van der Waals surface area contributed by atoms with E-state index in [-0.39, 0.29) is 18.1 Å². The first-order valence-corrected chi connectivity index (χ1v) is 13.1. The number of hydrogen-bond donors (Lipinski definition) is 1. The summed E-state index contributed by atoms with van der Waals surface area (Å²) < 4.78 is 41.6. The van der Waals surface area contributed by atoms with Crippen LogP contribution in [0.1, 0.15) is 32.3 Å². The van der Waals surface area contributed by atoms with E-state index in [2.05, 4.69) is 5.32 Å². The number of benzene rings is 2. The number of rotatable bonds is 13. The van der Waals surface area contributed by atoms with E-state index in [9.17, 15) is 22.4 Å². The summed E-state index contributed by atoms with van der Waals surface area (Å²) >= 11 is 0. The lowest BCUT2D eigenvalue weighted by Gasteiger charge is -2.33. The van der Waals surface area contributed by atoms with Gasteiger partial charge >= 0.3 is 10.2 Å². The highest BCUT2D eigenvalue weighted by atomic mass is 32.2. The first kappa shape index (κ1) is 28.3. The van der Waals surface area contributed by atoms with Gasteiger partial charge in [-0.15, -0.1) is 0 Å². The van der Waals surface area contributed by atoms with Crippen molar-refractivity contribution in [3.63, 3.8) is 0 Å². The van der Waals surface area contributed by atoms with Crippen LogP contribution in [0, 0.1) is 5.82 Å². The van der Waals surface area contributed by atoms with Crippen molar-refractivity contribution in [2.75, 3.05) is 38.0 Å². The molecule has 2 aromatic carbocycles. The van der Waals surface area contributed by atoms with Crippen LogP contribution in [0.5, 0.6) is 0 Å². The standard InChI is InChI=1S/C25H35FN4O4S/c1-5-17-27-25(32)23(6-2)29(18-16-20-10-8-7-9-11-20)24(31)19-30(35(33,34)28(3)4)22-14-12-21(26)13-15-22/h7-15,23H,5-6,16-19H2,1-4H3,(H,27,32). The molecule has 192 valence electrons. The highest BCUT2D eigenvalue weighted by molar-refractivity contribution is 7.90. The summed E-state index contributed by atoms with van der Waals surface area (Å²) in [6.07, 6.45) is 1.62. The van der Waals surface area contributed by atoms with Gasteiger partial charge in [0.1, 0.15) is 18.4 Å². The summed E-state index contributed by atoms with van der Waals surface area (Å²) in [5, 5.41) is 2.84. The largest absolute Gasteiger partial charge is 0.354 e. The van der Waals surface area contributed by atoms with Gasteiger partial charge < -0.3 is 10.2 Å². The Morgan fingerprint density at radius 3 is 2.17 bits per heavy atom. The van der Waals surface area contributed by atoms with Crippen molar-refractivity contribution in [1.29, 1.82) is 0 Å². The van der Waals surface area contributed by atoms with Gasteiger partial charge in [-0.05, 0) is 49.1 Å². The summed E-state index contributed by atoms with van der Waals surface area (Å²) in [5.41, 5.74) is 1.14. The number of nitrogens with zero attached hydrogens (tertiary/aromatic N) is 3. The van der Waals surface area contributed by atoms with Gasteiger partial charge in [0.2, 0.25) is 11.8 Å². The van der Waals surface area contributed by atoms with Gasteiger partial charge in [0.15, 0.2) is 0 Å². The van der Waals surface area contributed by atoms with E-state index in [1.807, 2.05) is 44.2 Å². The second kappa shape index (κ2) is 13.2. The van der Waals surface area contributed by atoms with Crippen molar-refractivity contribution in [2.45, 2.75) is 39.2 Å². The van der Waals surface area contributed by atoms with Crippen molar-refractivity contribution >= 4 is 27.7 Å². The third-order valence-electron chi connectivity index (χ3n) is 5.55. The average molecular weight is 507 g/mol. The van der Waals surface area contributed by atoms with E-state index in [1.165, 1.54) is 31.1 Å². The van der Waals surface area contributed by atoms with Crippen LogP contribution in [0.25, 0.3) is 0 Å². The predicted molar refractivity (Wildman–Crippen MR) is 136 cm³/mol. The molecule has 8 nitrogen and oxygen atoms in total. The second-order valence-corrected chi connectivity index (χ2v) is 10.4. The Bertz CT molecular complexity index is 1060. The van der Waals surface area contributed by atoms with Crippen LogP contribution in [-0.4, -0.2) is 69.2 Å². The molecule has 0 saturated carbocycles. The number of carbonyl (C=O) groups is 2. The summed E-state index contributed by atoms with van der Waals surface area (Å²) in [6.45, 7) is 3.94. The van der Waals surface area contributed by atoms with E-state index in [1.54, 1.807) is 0 Å². The maximum absolute atomic E-state index is 13.6. The van der Waals surface area contributed by atoms with E-state index in [0.29, 0.717) is 19.4 Å². The van der Waals surface area contributed by atoms with Crippen LogP contribution < -0.4 is 9.62 Å². The number of anilines is 1. The SMILES string of the molecule is CCCNC(=O)C(CC)N(CCc1ccccc1)C(=O)CN(c1ccc(F)cc1)S(=O)(=O)N(C)C. The van der Waals surface area contributed by atoms with Crippen molar-refractivity contribution in [1.82, 2.24) is 14.5 Å². The quantitative estimate of drug-likeness (QED) is 0.452. The number of carbonyl (C=O) groups excluding carboxylic acids is 2. The van der Waals surface area contributed by atoms with Crippen LogP contribution in [-0.2, 0) is 26.2 Å². The molecule has 0 bridgehead atoms. The smallest absolute Gasteiger partial charge is 0.304 e. The third-order valence-corrected chi connectivity index (χ3v) is 7.37. The first-order valence-electron chi connectivity index (χ1n) is 11.7. The van der Waals surface area contributed by atoms with Crippen LogP contribution in [0.4, 0.5) is 10.1 Å². The van der Waals surface area contributed by atoms with Gasteiger partial charge in [0.05, 0.1) is 5.69 Å². The molecule has 0 heterocycles. The Balaban J connectivity index is 2.40. The molecule has 0 aliphatic rings. The Labute approximate surface area is 207 Å². The van der Waals surface area contributed by atoms with Crippen LogP contribution in [0.15, 0.2) is 54.6 Å². The predicted octanol–water partition coefficient (Wildman–Crippen LogP) is 2.81. The fourth-order valence-corrected chi connectivity index (χ4v) is 4.64.